The second-order valence-electron chi connectivity index (χ2n) is 8.49. The summed E-state index contributed by atoms with van der Waals surface area (Å²) in [6.45, 7) is 8.04. The fraction of sp³-hybridized carbons (Fsp3) is 0.519. The first kappa shape index (κ1) is 29.4. The Balaban J connectivity index is 2.28. The number of ether oxygens (including phenoxy) is 1. The molecule has 3 amide bonds. The van der Waals surface area contributed by atoms with Crippen molar-refractivity contribution in [3.05, 3.63) is 59.9 Å². The van der Waals surface area contributed by atoms with Gasteiger partial charge in [0.1, 0.15) is 5.76 Å². The molecule has 1 aliphatic heterocycles. The number of carbonyl (C=O) groups is 3. The maximum atomic E-state index is 12.3. The van der Waals surface area contributed by atoms with Crippen molar-refractivity contribution in [3.63, 3.8) is 0 Å². The zero-order valence-corrected chi connectivity index (χ0v) is 21.5. The van der Waals surface area contributed by atoms with Gasteiger partial charge in [-0.15, -0.1) is 6.58 Å². The Bertz CT molecular complexity index is 813. The Labute approximate surface area is 209 Å². The topological polar surface area (TPSA) is 75.7 Å². The third-order valence-corrected chi connectivity index (χ3v) is 5.93. The highest BCUT2D eigenvalue weighted by molar-refractivity contribution is 6.25. The average Bonchev–Trinajstić information content (AvgIpc) is 3.16. The van der Waals surface area contributed by atoms with Gasteiger partial charge in [-0.05, 0) is 51.4 Å². The molecule has 0 radical (unpaired) electrons. The maximum absolute atomic E-state index is 12.3. The molecule has 6 nitrogen and oxygen atoms in total. The van der Waals surface area contributed by atoms with E-state index in [0.717, 1.165) is 32.1 Å². The van der Waals surface area contributed by atoms with Crippen LogP contribution in [0.25, 0.3) is 0 Å². The number of allylic oxidation sites excluding steroid dienone is 4. The number of nitrogens with one attached hydrogen (secondary N) is 1. The van der Waals surface area contributed by atoms with Gasteiger partial charge in [-0.3, -0.25) is 19.3 Å². The van der Waals surface area contributed by atoms with E-state index in [9.17, 15) is 14.4 Å². The smallest absolute Gasteiger partial charge is 0.257 e. The van der Waals surface area contributed by atoms with Crippen LogP contribution in [0.1, 0.15) is 65.2 Å². The van der Waals surface area contributed by atoms with E-state index in [4.69, 9.17) is 16.3 Å². The van der Waals surface area contributed by atoms with E-state index in [0.29, 0.717) is 37.5 Å². The molecule has 188 valence electrons. The van der Waals surface area contributed by atoms with Crippen molar-refractivity contribution in [2.75, 3.05) is 13.7 Å². The molecular formula is C27H39ClN2O4. The molecule has 0 aromatic heterocycles. The first-order chi connectivity index (χ1) is 16.3. The van der Waals surface area contributed by atoms with Crippen LogP contribution < -0.4 is 5.32 Å². The predicted octanol–water partition coefficient (Wildman–Crippen LogP) is 5.57. The van der Waals surface area contributed by atoms with Crippen LogP contribution in [-0.4, -0.2) is 42.3 Å². The van der Waals surface area contributed by atoms with Crippen LogP contribution in [0.2, 0.25) is 0 Å². The number of hydrogen-bond donors (Lipinski definition) is 1. The summed E-state index contributed by atoms with van der Waals surface area (Å²) in [7, 11) is 1.47. The van der Waals surface area contributed by atoms with Crippen molar-refractivity contribution >= 4 is 29.3 Å². The number of rotatable bonds is 16. The van der Waals surface area contributed by atoms with Crippen molar-refractivity contribution < 1.29 is 19.1 Å². The minimum Gasteiger partial charge on any atom is -0.501 e. The van der Waals surface area contributed by atoms with E-state index in [-0.39, 0.29) is 17.9 Å². The second-order valence-corrected chi connectivity index (χ2v) is 8.71. The van der Waals surface area contributed by atoms with Crippen molar-refractivity contribution in [2.45, 2.75) is 71.3 Å². The molecule has 2 unspecified atom stereocenters. The molecule has 1 rings (SSSR count). The molecule has 1 aliphatic rings. The summed E-state index contributed by atoms with van der Waals surface area (Å²) in [6.07, 6.45) is 17.0. The van der Waals surface area contributed by atoms with E-state index in [1.54, 1.807) is 18.5 Å². The molecule has 34 heavy (non-hydrogen) atoms. The van der Waals surface area contributed by atoms with E-state index in [1.807, 2.05) is 12.2 Å². The van der Waals surface area contributed by atoms with Gasteiger partial charge in [-0.25, -0.2) is 0 Å². The standard InChI is InChI=1S/C27H39ClN2O4/c1-5-6-7-11-23(20-28)15-13-21(2)10-8-9-12-25(31)29-18-17-24(34-4)19-27(33)30-22(3)14-16-26(30)32/h5,8,10,14,16,19-22H,1,6-7,9,11-13,15,17-18H2,2-4H3,(H,29,31). The highest BCUT2D eigenvalue weighted by Crippen LogP contribution is 2.19. The molecule has 1 N–H and O–H groups in total. The largest absolute Gasteiger partial charge is 0.501 e. The van der Waals surface area contributed by atoms with Gasteiger partial charge >= 0.3 is 0 Å². The number of hydrogen-bond acceptors (Lipinski definition) is 4. The van der Waals surface area contributed by atoms with E-state index in [2.05, 4.69) is 24.9 Å². The fourth-order valence-electron chi connectivity index (χ4n) is 3.51. The monoisotopic (exact) mass is 490 g/mol. The Kier molecular flexibility index (Phi) is 14.7. The Morgan fingerprint density at radius 2 is 2.03 bits per heavy atom. The minimum absolute atomic E-state index is 0.0544. The molecule has 0 fully saturated rings. The number of imide groups is 1. The Morgan fingerprint density at radius 3 is 2.65 bits per heavy atom. The number of methoxy groups -OCH3 is 1. The quantitative estimate of drug-likeness (QED) is 0.133. The number of carbonyl (C=O) groups excluding carboxylic acids is 3. The minimum atomic E-state index is -0.421. The lowest BCUT2D eigenvalue weighted by atomic mass is 9.98. The molecule has 0 aromatic rings. The van der Waals surface area contributed by atoms with Crippen LogP contribution in [0.5, 0.6) is 0 Å². The van der Waals surface area contributed by atoms with Gasteiger partial charge < -0.3 is 10.1 Å². The predicted molar refractivity (Wildman–Crippen MR) is 138 cm³/mol. The molecule has 0 saturated heterocycles. The van der Waals surface area contributed by atoms with Crippen molar-refractivity contribution in [1.82, 2.24) is 10.2 Å². The molecule has 0 aromatic carbocycles. The lowest BCUT2D eigenvalue weighted by Gasteiger charge is -2.18. The average molecular weight is 491 g/mol. The zero-order valence-electron chi connectivity index (χ0n) is 20.7. The van der Waals surface area contributed by atoms with Crippen LogP contribution in [0, 0.1) is 5.92 Å². The van der Waals surface area contributed by atoms with Gasteiger partial charge in [0.25, 0.3) is 11.8 Å². The van der Waals surface area contributed by atoms with Gasteiger partial charge in [0, 0.05) is 37.1 Å². The van der Waals surface area contributed by atoms with E-state index < -0.39 is 5.91 Å². The fourth-order valence-corrected chi connectivity index (χ4v) is 3.73. The summed E-state index contributed by atoms with van der Waals surface area (Å²) in [5.41, 5.74) is 2.97. The SMILES string of the molecule is C=CCCCC(=CCl)CCC(C)C=CCCC(=O)NCCC(=CC(=O)N1C(=O)C=CC1C)OC. The van der Waals surface area contributed by atoms with Gasteiger partial charge in [-0.2, -0.15) is 0 Å². The van der Waals surface area contributed by atoms with Gasteiger partial charge in [-0.1, -0.05) is 48.4 Å². The summed E-state index contributed by atoms with van der Waals surface area (Å²) in [6, 6.07) is -0.272. The van der Waals surface area contributed by atoms with Crippen LogP contribution in [0.4, 0.5) is 0 Å². The summed E-state index contributed by atoms with van der Waals surface area (Å²) in [4.78, 5) is 37.4. The van der Waals surface area contributed by atoms with Gasteiger partial charge in [0.15, 0.2) is 0 Å². The van der Waals surface area contributed by atoms with Crippen LogP contribution in [0.3, 0.4) is 0 Å². The summed E-state index contributed by atoms with van der Waals surface area (Å²) in [5, 5.41) is 2.84. The molecule has 2 atom stereocenters. The maximum Gasteiger partial charge on any atom is 0.257 e. The first-order valence-electron chi connectivity index (χ1n) is 11.9. The zero-order chi connectivity index (χ0) is 25.3. The Morgan fingerprint density at radius 1 is 1.26 bits per heavy atom. The molecule has 7 heteroatoms. The normalized spacial score (nSPS) is 17.4. The first-order valence-corrected chi connectivity index (χ1v) is 12.4. The third kappa shape index (κ3) is 11.5. The number of unbranched alkanes of at least 4 members (excludes halogenated alkanes) is 1. The molecule has 1 heterocycles. The van der Waals surface area contributed by atoms with Crippen LogP contribution >= 0.6 is 11.6 Å². The summed E-state index contributed by atoms with van der Waals surface area (Å²) < 4.78 is 5.24. The second kappa shape index (κ2) is 16.9. The van der Waals surface area contributed by atoms with Crippen molar-refractivity contribution in [2.24, 2.45) is 5.92 Å². The highest BCUT2D eigenvalue weighted by Gasteiger charge is 2.27. The summed E-state index contributed by atoms with van der Waals surface area (Å²) >= 11 is 5.93. The van der Waals surface area contributed by atoms with Crippen molar-refractivity contribution in [3.8, 4) is 0 Å². The third-order valence-electron chi connectivity index (χ3n) is 5.62. The molecular weight excluding hydrogens is 452 g/mol. The molecule has 0 spiro atoms. The van der Waals surface area contributed by atoms with Gasteiger partial charge in [0.05, 0.1) is 13.2 Å². The molecule has 0 aliphatic carbocycles. The molecule has 0 saturated carbocycles. The lowest BCUT2D eigenvalue weighted by Crippen LogP contribution is -2.37. The van der Waals surface area contributed by atoms with Crippen LogP contribution in [0.15, 0.2) is 59.9 Å². The van der Waals surface area contributed by atoms with Crippen molar-refractivity contribution in [1.29, 1.82) is 0 Å². The summed E-state index contributed by atoms with van der Waals surface area (Å²) in [5.74, 6) is 0.0260. The number of nitrogens with zero attached hydrogens (tertiary/aromatic N) is 1. The number of halogens is 1. The highest BCUT2D eigenvalue weighted by atomic mass is 35.5. The van der Waals surface area contributed by atoms with E-state index >= 15 is 0 Å². The van der Waals surface area contributed by atoms with Gasteiger partial charge in [0.2, 0.25) is 5.91 Å². The Hall–Kier alpha value is -2.60. The number of amides is 3. The molecule has 0 bridgehead atoms. The van der Waals surface area contributed by atoms with Crippen LogP contribution in [-0.2, 0) is 19.1 Å². The lowest BCUT2D eigenvalue weighted by molar-refractivity contribution is -0.139. The van der Waals surface area contributed by atoms with E-state index in [1.165, 1.54) is 29.7 Å².